The Hall–Kier alpha value is -1.41. The van der Waals surface area contributed by atoms with Crippen LogP contribution in [0.4, 0.5) is 5.00 Å². The van der Waals surface area contributed by atoms with Gasteiger partial charge in [0.25, 0.3) is 11.8 Å². The summed E-state index contributed by atoms with van der Waals surface area (Å²) in [4.78, 5) is 25.2. The molecule has 0 saturated carbocycles. The molecule has 1 aliphatic carbocycles. The average molecular weight is 412 g/mol. The summed E-state index contributed by atoms with van der Waals surface area (Å²) >= 11 is 3.63. The van der Waals surface area contributed by atoms with E-state index >= 15 is 0 Å². The maximum Gasteiger partial charge on any atom is 0.256 e. The third-order valence-electron chi connectivity index (χ3n) is 3.48. The highest BCUT2D eigenvalue weighted by Gasteiger charge is 2.26. The number of hydrogen-bond acceptors (Lipinski definition) is 3. The molecule has 0 spiro atoms. The Morgan fingerprint density at radius 3 is 2.81 bits per heavy atom. The number of halogens is 1. The normalized spacial score (nSPS) is 13.0. The number of aryl methyl sites for hydroxylation is 1. The number of benzene rings is 1. The molecule has 1 heterocycles. The van der Waals surface area contributed by atoms with Crippen LogP contribution in [-0.4, -0.2) is 11.8 Å². The van der Waals surface area contributed by atoms with Gasteiger partial charge in [-0.05, 0) is 65.6 Å². The first-order valence-electron chi connectivity index (χ1n) is 6.57. The summed E-state index contributed by atoms with van der Waals surface area (Å²) in [6, 6.07) is 7.32. The van der Waals surface area contributed by atoms with Crippen LogP contribution in [0.5, 0.6) is 0 Å². The highest BCUT2D eigenvalue weighted by atomic mass is 127. The van der Waals surface area contributed by atoms with E-state index in [-0.39, 0.29) is 5.91 Å². The Kier molecular flexibility index (Phi) is 3.99. The first kappa shape index (κ1) is 14.5. The molecule has 0 aliphatic heterocycles. The third kappa shape index (κ3) is 2.82. The second-order valence-electron chi connectivity index (χ2n) is 4.89. The number of fused-ring (bicyclic) bond motifs is 1. The molecule has 0 bridgehead atoms. The lowest BCUT2D eigenvalue weighted by atomic mass is 10.1. The molecule has 21 heavy (non-hydrogen) atoms. The van der Waals surface area contributed by atoms with Gasteiger partial charge in [0.05, 0.1) is 5.56 Å². The minimum atomic E-state index is -0.465. The first-order valence-corrected chi connectivity index (χ1v) is 8.47. The number of nitrogens with one attached hydrogen (secondary N) is 1. The van der Waals surface area contributed by atoms with E-state index < -0.39 is 5.91 Å². The lowest BCUT2D eigenvalue weighted by molar-refractivity contribution is 0.100. The number of hydrogen-bond donors (Lipinski definition) is 2. The van der Waals surface area contributed by atoms with E-state index in [0.717, 1.165) is 28.4 Å². The van der Waals surface area contributed by atoms with Crippen LogP contribution in [0.1, 0.15) is 37.6 Å². The van der Waals surface area contributed by atoms with Crippen molar-refractivity contribution in [2.24, 2.45) is 5.73 Å². The number of primary amides is 1. The minimum Gasteiger partial charge on any atom is -0.365 e. The fraction of sp³-hybridized carbons (Fsp3) is 0.200. The number of anilines is 1. The molecule has 108 valence electrons. The summed E-state index contributed by atoms with van der Waals surface area (Å²) in [5.41, 5.74) is 7.57. The topological polar surface area (TPSA) is 72.2 Å². The molecule has 6 heteroatoms. The maximum absolute atomic E-state index is 12.3. The van der Waals surface area contributed by atoms with E-state index in [4.69, 9.17) is 5.73 Å². The predicted octanol–water partition coefficient (Wildman–Crippen LogP) is 3.19. The van der Waals surface area contributed by atoms with Gasteiger partial charge in [-0.15, -0.1) is 11.3 Å². The van der Waals surface area contributed by atoms with Gasteiger partial charge < -0.3 is 11.1 Å². The maximum atomic E-state index is 12.3. The highest BCUT2D eigenvalue weighted by molar-refractivity contribution is 14.1. The molecule has 2 aromatic rings. The number of nitrogens with two attached hydrogens (primary N) is 1. The number of carbonyl (C=O) groups is 2. The fourth-order valence-electron chi connectivity index (χ4n) is 2.56. The van der Waals surface area contributed by atoms with Gasteiger partial charge in [0.15, 0.2) is 0 Å². The molecule has 1 aliphatic rings. The van der Waals surface area contributed by atoms with Crippen molar-refractivity contribution < 1.29 is 9.59 Å². The van der Waals surface area contributed by atoms with Gasteiger partial charge in [-0.25, -0.2) is 0 Å². The summed E-state index contributed by atoms with van der Waals surface area (Å²) in [5, 5.41) is 3.42. The van der Waals surface area contributed by atoms with E-state index in [1.54, 1.807) is 12.1 Å². The van der Waals surface area contributed by atoms with Gasteiger partial charge in [-0.3, -0.25) is 9.59 Å². The van der Waals surface area contributed by atoms with Gasteiger partial charge in [0, 0.05) is 14.0 Å². The molecule has 0 saturated heterocycles. The zero-order chi connectivity index (χ0) is 15.0. The van der Waals surface area contributed by atoms with Crippen molar-refractivity contribution >= 4 is 50.7 Å². The first-order chi connectivity index (χ1) is 10.1. The average Bonchev–Trinajstić information content (AvgIpc) is 2.98. The molecule has 0 atom stereocenters. The van der Waals surface area contributed by atoms with E-state index in [1.165, 1.54) is 16.2 Å². The zero-order valence-corrected chi connectivity index (χ0v) is 14.1. The molecule has 1 aromatic heterocycles. The van der Waals surface area contributed by atoms with Crippen molar-refractivity contribution in [2.75, 3.05) is 5.32 Å². The molecule has 1 aromatic carbocycles. The van der Waals surface area contributed by atoms with Crippen LogP contribution >= 0.6 is 33.9 Å². The molecule has 3 N–H and O–H groups in total. The number of carbonyl (C=O) groups excluding carboxylic acids is 2. The van der Waals surface area contributed by atoms with Crippen molar-refractivity contribution in [2.45, 2.75) is 19.3 Å². The second kappa shape index (κ2) is 5.76. The number of thiophene rings is 1. The van der Waals surface area contributed by atoms with Crippen LogP contribution in [0.3, 0.4) is 0 Å². The SMILES string of the molecule is NC(=O)c1c(NC(=O)c2cccc(I)c2)sc2c1CCC2. The summed E-state index contributed by atoms with van der Waals surface area (Å²) in [5.74, 6) is -0.678. The second-order valence-corrected chi connectivity index (χ2v) is 7.24. The molecular formula is C15H13IN2O2S. The van der Waals surface area contributed by atoms with E-state index in [1.807, 2.05) is 12.1 Å². The van der Waals surface area contributed by atoms with Crippen LogP contribution < -0.4 is 11.1 Å². The van der Waals surface area contributed by atoms with Gasteiger partial charge in [-0.1, -0.05) is 6.07 Å². The van der Waals surface area contributed by atoms with Crippen molar-refractivity contribution in [3.05, 3.63) is 49.4 Å². The Labute approximate surface area is 139 Å². The van der Waals surface area contributed by atoms with Crippen molar-refractivity contribution in [1.29, 1.82) is 0 Å². The summed E-state index contributed by atoms with van der Waals surface area (Å²) in [6.45, 7) is 0. The molecular weight excluding hydrogens is 399 g/mol. The van der Waals surface area contributed by atoms with Crippen molar-refractivity contribution in [3.8, 4) is 0 Å². The van der Waals surface area contributed by atoms with Crippen LogP contribution in [0.15, 0.2) is 24.3 Å². The highest BCUT2D eigenvalue weighted by Crippen LogP contribution is 2.38. The smallest absolute Gasteiger partial charge is 0.256 e. The van der Waals surface area contributed by atoms with Crippen molar-refractivity contribution in [3.63, 3.8) is 0 Å². The molecule has 2 amide bonds. The van der Waals surface area contributed by atoms with E-state index in [2.05, 4.69) is 27.9 Å². The summed E-state index contributed by atoms with van der Waals surface area (Å²) in [7, 11) is 0. The lowest BCUT2D eigenvalue weighted by Gasteiger charge is -2.06. The van der Waals surface area contributed by atoms with Crippen LogP contribution in [-0.2, 0) is 12.8 Å². The van der Waals surface area contributed by atoms with Gasteiger partial charge >= 0.3 is 0 Å². The van der Waals surface area contributed by atoms with Gasteiger partial charge in [0.1, 0.15) is 5.00 Å². The molecule has 0 radical (unpaired) electrons. The third-order valence-corrected chi connectivity index (χ3v) is 5.36. The quantitative estimate of drug-likeness (QED) is 0.761. The van der Waals surface area contributed by atoms with Crippen LogP contribution in [0.2, 0.25) is 0 Å². The predicted molar refractivity (Wildman–Crippen MR) is 92.0 cm³/mol. The van der Waals surface area contributed by atoms with Crippen molar-refractivity contribution in [1.82, 2.24) is 0 Å². The Balaban J connectivity index is 1.92. The van der Waals surface area contributed by atoms with Gasteiger partial charge in [-0.2, -0.15) is 0 Å². The molecule has 4 nitrogen and oxygen atoms in total. The Morgan fingerprint density at radius 1 is 1.29 bits per heavy atom. The Morgan fingerprint density at radius 2 is 2.10 bits per heavy atom. The van der Waals surface area contributed by atoms with Crippen LogP contribution in [0.25, 0.3) is 0 Å². The summed E-state index contributed by atoms with van der Waals surface area (Å²) < 4.78 is 0.990. The molecule has 3 rings (SSSR count). The zero-order valence-electron chi connectivity index (χ0n) is 11.1. The minimum absolute atomic E-state index is 0.212. The number of amides is 2. The van der Waals surface area contributed by atoms with E-state index in [9.17, 15) is 9.59 Å². The monoisotopic (exact) mass is 412 g/mol. The fourth-order valence-corrected chi connectivity index (χ4v) is 4.39. The van der Waals surface area contributed by atoms with Crippen LogP contribution in [0, 0.1) is 3.57 Å². The lowest BCUT2D eigenvalue weighted by Crippen LogP contribution is -2.17. The summed E-state index contributed by atoms with van der Waals surface area (Å²) in [6.07, 6.45) is 2.87. The standard InChI is InChI=1S/C15H13IN2O2S/c16-9-4-1-3-8(7-9)14(20)18-15-12(13(17)19)10-5-2-6-11(10)21-15/h1,3-4,7H,2,5-6H2,(H2,17,19)(H,18,20). The van der Waals surface area contributed by atoms with E-state index in [0.29, 0.717) is 16.1 Å². The number of rotatable bonds is 3. The molecule has 0 unspecified atom stereocenters. The largest absolute Gasteiger partial charge is 0.365 e. The van der Waals surface area contributed by atoms with Gasteiger partial charge in [0.2, 0.25) is 0 Å². The molecule has 0 fully saturated rings. The Bertz CT molecular complexity index is 739.